The van der Waals surface area contributed by atoms with Crippen LogP contribution in [0.4, 0.5) is 0 Å². The van der Waals surface area contributed by atoms with Gasteiger partial charge in [-0.2, -0.15) is 0 Å². The highest BCUT2D eigenvalue weighted by Crippen LogP contribution is 2.08. The molecule has 2 N–H and O–H groups in total. The van der Waals surface area contributed by atoms with E-state index in [9.17, 15) is 13.2 Å². The monoisotopic (exact) mass is 214 g/mol. The zero-order valence-electron chi connectivity index (χ0n) is 7.60. The van der Waals surface area contributed by atoms with E-state index in [0.717, 1.165) is 0 Å². The smallest absolute Gasteiger partial charge is 0.267 e. The van der Waals surface area contributed by atoms with E-state index in [4.69, 9.17) is 5.73 Å². The first kappa shape index (κ1) is 10.6. The SMILES string of the molecule is CCS(=O)(=O)c1cccc(C(N)=O)n1. The van der Waals surface area contributed by atoms with E-state index in [-0.39, 0.29) is 16.5 Å². The number of nitrogens with zero attached hydrogens (tertiary/aromatic N) is 1. The van der Waals surface area contributed by atoms with Crippen molar-refractivity contribution in [2.75, 3.05) is 5.75 Å². The minimum absolute atomic E-state index is 0.0421. The quantitative estimate of drug-likeness (QED) is 0.765. The van der Waals surface area contributed by atoms with Gasteiger partial charge in [-0.05, 0) is 12.1 Å². The highest BCUT2D eigenvalue weighted by molar-refractivity contribution is 7.91. The van der Waals surface area contributed by atoms with E-state index >= 15 is 0 Å². The molecule has 0 bridgehead atoms. The van der Waals surface area contributed by atoms with E-state index in [1.165, 1.54) is 25.1 Å². The number of amides is 1. The van der Waals surface area contributed by atoms with Crippen molar-refractivity contribution in [2.45, 2.75) is 11.9 Å². The topological polar surface area (TPSA) is 90.1 Å². The number of hydrogen-bond donors (Lipinski definition) is 1. The van der Waals surface area contributed by atoms with E-state index in [0.29, 0.717) is 0 Å². The highest BCUT2D eigenvalue weighted by atomic mass is 32.2. The minimum Gasteiger partial charge on any atom is -0.364 e. The summed E-state index contributed by atoms with van der Waals surface area (Å²) in [5.74, 6) is -0.791. The standard InChI is InChI=1S/C8H10N2O3S/c1-2-14(12,13)7-5-3-4-6(10-7)8(9)11/h3-5H,2H2,1H3,(H2,9,11). The van der Waals surface area contributed by atoms with Crippen molar-refractivity contribution >= 4 is 15.7 Å². The molecule has 0 saturated heterocycles. The van der Waals surface area contributed by atoms with Gasteiger partial charge < -0.3 is 5.73 Å². The molecule has 0 unspecified atom stereocenters. The van der Waals surface area contributed by atoms with Crippen molar-refractivity contribution in [2.24, 2.45) is 5.73 Å². The molecule has 76 valence electrons. The van der Waals surface area contributed by atoms with Crippen LogP contribution in [0.3, 0.4) is 0 Å². The second-order valence-corrected chi connectivity index (χ2v) is 4.85. The summed E-state index contributed by atoms with van der Waals surface area (Å²) in [5.41, 5.74) is 4.93. The molecule has 0 saturated carbocycles. The summed E-state index contributed by atoms with van der Waals surface area (Å²) >= 11 is 0. The fourth-order valence-electron chi connectivity index (χ4n) is 0.873. The van der Waals surface area contributed by atoms with Crippen LogP contribution in [0, 0.1) is 0 Å². The molecule has 1 heterocycles. The van der Waals surface area contributed by atoms with Gasteiger partial charge in [-0.15, -0.1) is 0 Å². The van der Waals surface area contributed by atoms with Crippen LogP contribution in [-0.2, 0) is 9.84 Å². The number of carbonyl (C=O) groups excluding carboxylic acids is 1. The summed E-state index contributed by atoms with van der Waals surface area (Å²) in [4.78, 5) is 14.4. The van der Waals surface area contributed by atoms with Gasteiger partial charge in [0.25, 0.3) is 5.91 Å². The third-order valence-electron chi connectivity index (χ3n) is 1.67. The van der Waals surface area contributed by atoms with Crippen molar-refractivity contribution in [3.8, 4) is 0 Å². The predicted octanol–water partition coefficient (Wildman–Crippen LogP) is -0.0259. The number of aromatic nitrogens is 1. The first-order valence-electron chi connectivity index (χ1n) is 3.97. The molecule has 0 atom stereocenters. The van der Waals surface area contributed by atoms with Crippen molar-refractivity contribution in [1.29, 1.82) is 0 Å². The van der Waals surface area contributed by atoms with E-state index < -0.39 is 15.7 Å². The summed E-state index contributed by atoms with van der Waals surface area (Å²) in [6, 6.07) is 4.15. The first-order valence-corrected chi connectivity index (χ1v) is 5.62. The van der Waals surface area contributed by atoms with Gasteiger partial charge in [0.1, 0.15) is 5.69 Å². The second kappa shape index (κ2) is 3.75. The summed E-state index contributed by atoms with van der Waals surface area (Å²) < 4.78 is 22.7. The molecule has 0 aromatic carbocycles. The summed E-state index contributed by atoms with van der Waals surface area (Å²) in [7, 11) is -3.37. The van der Waals surface area contributed by atoms with Crippen molar-refractivity contribution in [3.63, 3.8) is 0 Å². The van der Waals surface area contributed by atoms with Gasteiger partial charge in [0.05, 0.1) is 5.75 Å². The predicted molar refractivity (Wildman–Crippen MR) is 50.5 cm³/mol. The molecular formula is C8H10N2O3S. The molecule has 1 amide bonds. The molecule has 0 spiro atoms. The Bertz CT molecular complexity index is 453. The van der Waals surface area contributed by atoms with Crippen molar-refractivity contribution in [3.05, 3.63) is 23.9 Å². The summed E-state index contributed by atoms with van der Waals surface area (Å²) in [6.07, 6.45) is 0. The number of hydrogen-bond acceptors (Lipinski definition) is 4. The zero-order chi connectivity index (χ0) is 10.8. The van der Waals surface area contributed by atoms with Gasteiger partial charge >= 0.3 is 0 Å². The lowest BCUT2D eigenvalue weighted by Gasteiger charge is -2.00. The van der Waals surface area contributed by atoms with Gasteiger partial charge in [-0.1, -0.05) is 13.0 Å². The normalized spacial score (nSPS) is 11.2. The molecule has 1 aromatic rings. The van der Waals surface area contributed by atoms with Gasteiger partial charge in [0, 0.05) is 0 Å². The molecule has 5 nitrogen and oxygen atoms in total. The van der Waals surface area contributed by atoms with Gasteiger partial charge in [-0.25, -0.2) is 13.4 Å². The maximum Gasteiger partial charge on any atom is 0.267 e. The molecule has 6 heteroatoms. The molecule has 1 aromatic heterocycles. The third-order valence-corrected chi connectivity index (χ3v) is 3.30. The lowest BCUT2D eigenvalue weighted by molar-refractivity contribution is 0.0995. The van der Waals surface area contributed by atoms with E-state index in [2.05, 4.69) is 4.98 Å². The Morgan fingerprint density at radius 2 is 2.14 bits per heavy atom. The Morgan fingerprint density at radius 1 is 1.50 bits per heavy atom. The number of pyridine rings is 1. The Hall–Kier alpha value is -1.43. The molecular weight excluding hydrogens is 204 g/mol. The Balaban J connectivity index is 3.26. The summed E-state index contributed by atoms with van der Waals surface area (Å²) in [6.45, 7) is 1.51. The number of primary amides is 1. The molecule has 14 heavy (non-hydrogen) atoms. The number of carbonyl (C=O) groups is 1. The molecule has 0 aliphatic rings. The fourth-order valence-corrected chi connectivity index (χ4v) is 1.69. The number of rotatable bonds is 3. The molecule has 0 fully saturated rings. The third kappa shape index (κ3) is 2.08. The molecule has 0 aliphatic carbocycles. The lowest BCUT2D eigenvalue weighted by Crippen LogP contribution is -2.15. The average Bonchev–Trinajstić information content (AvgIpc) is 2.18. The van der Waals surface area contributed by atoms with Gasteiger partial charge in [0.15, 0.2) is 14.9 Å². The van der Waals surface area contributed by atoms with Crippen LogP contribution >= 0.6 is 0 Å². The highest BCUT2D eigenvalue weighted by Gasteiger charge is 2.14. The van der Waals surface area contributed by atoms with Crippen molar-refractivity contribution in [1.82, 2.24) is 4.98 Å². The maximum atomic E-state index is 11.4. The van der Waals surface area contributed by atoms with Crippen LogP contribution in [0.1, 0.15) is 17.4 Å². The number of nitrogens with two attached hydrogens (primary N) is 1. The summed E-state index contributed by atoms with van der Waals surface area (Å²) in [5, 5.41) is -0.115. The van der Waals surface area contributed by atoms with E-state index in [1.54, 1.807) is 0 Å². The van der Waals surface area contributed by atoms with Gasteiger partial charge in [0.2, 0.25) is 0 Å². The largest absolute Gasteiger partial charge is 0.364 e. The lowest BCUT2D eigenvalue weighted by atomic mass is 10.3. The Kier molecular flexibility index (Phi) is 2.85. The zero-order valence-corrected chi connectivity index (χ0v) is 8.41. The average molecular weight is 214 g/mol. The Morgan fingerprint density at radius 3 is 2.64 bits per heavy atom. The van der Waals surface area contributed by atoms with Crippen LogP contribution in [-0.4, -0.2) is 25.1 Å². The molecule has 1 rings (SSSR count). The van der Waals surface area contributed by atoms with E-state index in [1.807, 2.05) is 0 Å². The van der Waals surface area contributed by atoms with Crippen LogP contribution in [0.2, 0.25) is 0 Å². The number of sulfone groups is 1. The van der Waals surface area contributed by atoms with Crippen LogP contribution in [0.5, 0.6) is 0 Å². The van der Waals surface area contributed by atoms with Crippen LogP contribution in [0.25, 0.3) is 0 Å². The molecule has 0 radical (unpaired) electrons. The minimum atomic E-state index is -3.37. The van der Waals surface area contributed by atoms with Crippen LogP contribution < -0.4 is 5.73 Å². The second-order valence-electron chi connectivity index (χ2n) is 2.63. The molecule has 0 aliphatic heterocycles. The maximum absolute atomic E-state index is 11.4. The van der Waals surface area contributed by atoms with Crippen LogP contribution in [0.15, 0.2) is 23.2 Å². The Labute approximate surface area is 81.9 Å². The first-order chi connectivity index (χ1) is 6.47. The fraction of sp³-hybridized carbons (Fsp3) is 0.250. The van der Waals surface area contributed by atoms with Crippen molar-refractivity contribution < 1.29 is 13.2 Å². The van der Waals surface area contributed by atoms with Gasteiger partial charge in [-0.3, -0.25) is 4.79 Å².